The Morgan fingerprint density at radius 2 is 2.00 bits per heavy atom. The van der Waals surface area contributed by atoms with Gasteiger partial charge in [0, 0.05) is 40.5 Å². The molecule has 7 heteroatoms. The molecule has 0 aliphatic carbocycles. The van der Waals surface area contributed by atoms with Gasteiger partial charge in [0.05, 0.1) is 6.54 Å². The summed E-state index contributed by atoms with van der Waals surface area (Å²) >= 11 is 0. The number of ether oxygens (including phenoxy) is 2. The Morgan fingerprint density at radius 3 is 2.59 bits per heavy atom. The monoisotopic (exact) mass is 493 g/mol. The van der Waals surface area contributed by atoms with Crippen molar-refractivity contribution in [3.8, 4) is 0 Å². The molecule has 5 nitrogen and oxygen atoms in total. The molecule has 1 aliphatic rings. The quantitative estimate of drug-likeness (QED) is 0.340. The van der Waals surface area contributed by atoms with Gasteiger partial charge in [-0.1, -0.05) is 12.1 Å². The number of halogens is 2. The highest BCUT2D eigenvalue weighted by molar-refractivity contribution is 14.0. The van der Waals surface area contributed by atoms with Crippen LogP contribution in [0, 0.1) is 11.7 Å². The molecule has 0 spiro atoms. The van der Waals surface area contributed by atoms with E-state index in [0.717, 1.165) is 63.0 Å². The van der Waals surface area contributed by atoms with Gasteiger partial charge < -0.3 is 19.7 Å². The first-order chi connectivity index (χ1) is 12.6. The van der Waals surface area contributed by atoms with Crippen LogP contribution in [0.3, 0.4) is 0 Å². The van der Waals surface area contributed by atoms with Crippen molar-refractivity contribution in [2.24, 2.45) is 10.9 Å². The Morgan fingerprint density at radius 1 is 1.33 bits per heavy atom. The molecule has 1 N–H and O–H groups in total. The second-order valence-corrected chi connectivity index (χ2v) is 6.74. The lowest BCUT2D eigenvalue weighted by Crippen LogP contribution is -2.40. The van der Waals surface area contributed by atoms with Gasteiger partial charge in [-0.05, 0) is 49.8 Å². The van der Waals surface area contributed by atoms with E-state index in [9.17, 15) is 4.39 Å². The summed E-state index contributed by atoms with van der Waals surface area (Å²) in [4.78, 5) is 6.91. The molecule has 0 bridgehead atoms. The number of nitrogens with one attached hydrogen (secondary N) is 1. The maximum atomic E-state index is 13.1. The van der Waals surface area contributed by atoms with Crippen LogP contribution in [0.4, 0.5) is 4.39 Å². The van der Waals surface area contributed by atoms with E-state index in [2.05, 4.69) is 24.2 Å². The van der Waals surface area contributed by atoms with Crippen LogP contribution >= 0.6 is 24.0 Å². The third kappa shape index (κ3) is 8.31. The van der Waals surface area contributed by atoms with Crippen molar-refractivity contribution in [3.63, 3.8) is 0 Å². The summed E-state index contributed by atoms with van der Waals surface area (Å²) in [5, 5.41) is 3.35. The minimum Gasteiger partial charge on any atom is -0.381 e. The van der Waals surface area contributed by atoms with E-state index >= 15 is 0 Å². The highest BCUT2D eigenvalue weighted by Crippen LogP contribution is 2.19. The van der Waals surface area contributed by atoms with E-state index in [4.69, 9.17) is 14.5 Å². The van der Waals surface area contributed by atoms with Crippen molar-refractivity contribution in [2.45, 2.75) is 32.3 Å². The number of hydrogen-bond acceptors (Lipinski definition) is 3. The second kappa shape index (κ2) is 13.3. The number of nitrogens with zero attached hydrogens (tertiary/aromatic N) is 2. The first kappa shape index (κ1) is 24.1. The van der Waals surface area contributed by atoms with Crippen molar-refractivity contribution < 1.29 is 13.9 Å². The van der Waals surface area contributed by atoms with Gasteiger partial charge in [0.15, 0.2) is 5.96 Å². The second-order valence-electron chi connectivity index (χ2n) is 6.74. The van der Waals surface area contributed by atoms with E-state index < -0.39 is 0 Å². The predicted molar refractivity (Wildman–Crippen MR) is 118 cm³/mol. The Hall–Kier alpha value is -0.930. The lowest BCUT2D eigenvalue weighted by Gasteiger charge is -2.27. The zero-order valence-corrected chi connectivity index (χ0v) is 18.9. The Labute approximate surface area is 179 Å². The van der Waals surface area contributed by atoms with Gasteiger partial charge in [0.2, 0.25) is 0 Å². The Kier molecular flexibility index (Phi) is 11.9. The molecular weight excluding hydrogens is 460 g/mol. The molecule has 0 radical (unpaired) electrons. The molecule has 1 atom stereocenters. The average Bonchev–Trinajstić information content (AvgIpc) is 2.67. The molecule has 27 heavy (non-hydrogen) atoms. The van der Waals surface area contributed by atoms with Crippen LogP contribution in [0.5, 0.6) is 0 Å². The van der Waals surface area contributed by atoms with Crippen molar-refractivity contribution >= 4 is 29.9 Å². The molecule has 0 aromatic heterocycles. The number of methoxy groups -OCH3 is 1. The fourth-order valence-electron chi connectivity index (χ4n) is 3.15. The summed E-state index contributed by atoms with van der Waals surface area (Å²) in [7, 11) is 3.73. The zero-order valence-electron chi connectivity index (χ0n) is 16.6. The van der Waals surface area contributed by atoms with Crippen LogP contribution in [0.1, 0.15) is 37.9 Å². The molecule has 1 fully saturated rings. The van der Waals surface area contributed by atoms with Gasteiger partial charge in [-0.2, -0.15) is 0 Å². The summed E-state index contributed by atoms with van der Waals surface area (Å²) < 4.78 is 24.1. The van der Waals surface area contributed by atoms with Crippen molar-refractivity contribution in [3.05, 3.63) is 35.6 Å². The van der Waals surface area contributed by atoms with E-state index in [1.165, 1.54) is 12.1 Å². The SMILES string of the molecule is CCNC(=NCC(OC)c1ccc(F)cc1)N(C)CCC1CCOCC1.I. The maximum Gasteiger partial charge on any atom is 0.193 e. The van der Waals surface area contributed by atoms with Gasteiger partial charge in [-0.25, -0.2) is 4.39 Å². The van der Waals surface area contributed by atoms with E-state index in [1.807, 2.05) is 0 Å². The summed E-state index contributed by atoms with van der Waals surface area (Å²) in [5.74, 6) is 1.37. The van der Waals surface area contributed by atoms with Crippen molar-refractivity contribution in [1.82, 2.24) is 10.2 Å². The first-order valence-electron chi connectivity index (χ1n) is 9.49. The summed E-state index contributed by atoms with van der Waals surface area (Å²) in [6.45, 7) is 6.10. The molecule has 0 amide bonds. The molecule has 2 rings (SSSR count). The third-order valence-corrected chi connectivity index (χ3v) is 4.84. The fraction of sp³-hybridized carbons (Fsp3) is 0.650. The number of guanidine groups is 1. The van der Waals surface area contributed by atoms with Gasteiger partial charge in [-0.15, -0.1) is 24.0 Å². The standard InChI is InChI=1S/C20H32FN3O2.HI/c1-4-22-20(24(2)12-9-16-10-13-26-14-11-16)23-15-19(25-3)17-5-7-18(21)8-6-17;/h5-8,16,19H,4,9-15H2,1-3H3,(H,22,23);1H. The van der Waals surface area contributed by atoms with Crippen LogP contribution in [0.15, 0.2) is 29.3 Å². The third-order valence-electron chi connectivity index (χ3n) is 4.84. The molecule has 154 valence electrons. The highest BCUT2D eigenvalue weighted by Gasteiger charge is 2.16. The highest BCUT2D eigenvalue weighted by atomic mass is 127. The molecule has 1 heterocycles. The van der Waals surface area contributed by atoms with Crippen molar-refractivity contribution in [1.29, 1.82) is 0 Å². The topological polar surface area (TPSA) is 46.1 Å². The van der Waals surface area contributed by atoms with Crippen LogP contribution in [0.25, 0.3) is 0 Å². The molecule has 1 aliphatic heterocycles. The minimum absolute atomic E-state index is 0. The normalized spacial score (nSPS) is 16.5. The van der Waals surface area contributed by atoms with E-state index in [0.29, 0.717) is 6.54 Å². The largest absolute Gasteiger partial charge is 0.381 e. The summed E-state index contributed by atoms with van der Waals surface area (Å²) in [5.41, 5.74) is 0.929. The van der Waals surface area contributed by atoms with Gasteiger partial charge >= 0.3 is 0 Å². The van der Waals surface area contributed by atoms with Crippen LogP contribution in [-0.4, -0.2) is 57.9 Å². The molecular formula is C20H33FIN3O2. The minimum atomic E-state index is -0.242. The van der Waals surface area contributed by atoms with Gasteiger partial charge in [-0.3, -0.25) is 4.99 Å². The number of benzene rings is 1. The molecule has 1 aromatic carbocycles. The Balaban J connectivity index is 0.00000364. The van der Waals surface area contributed by atoms with Crippen molar-refractivity contribution in [2.75, 3.05) is 47.0 Å². The smallest absolute Gasteiger partial charge is 0.193 e. The molecule has 1 unspecified atom stereocenters. The Bertz CT molecular complexity index is 551. The van der Waals surface area contributed by atoms with Crippen LogP contribution in [-0.2, 0) is 9.47 Å². The van der Waals surface area contributed by atoms with Crippen LogP contribution < -0.4 is 5.32 Å². The van der Waals surface area contributed by atoms with Gasteiger partial charge in [0.25, 0.3) is 0 Å². The average molecular weight is 493 g/mol. The van der Waals surface area contributed by atoms with Crippen LogP contribution in [0.2, 0.25) is 0 Å². The van der Waals surface area contributed by atoms with E-state index in [1.54, 1.807) is 19.2 Å². The zero-order chi connectivity index (χ0) is 18.8. The maximum absolute atomic E-state index is 13.1. The lowest BCUT2D eigenvalue weighted by molar-refractivity contribution is 0.0625. The predicted octanol–water partition coefficient (Wildman–Crippen LogP) is 3.85. The van der Waals surface area contributed by atoms with E-state index in [-0.39, 0.29) is 35.9 Å². The first-order valence-corrected chi connectivity index (χ1v) is 9.49. The summed E-state index contributed by atoms with van der Waals surface area (Å²) in [6, 6.07) is 6.41. The lowest BCUT2D eigenvalue weighted by atomic mass is 9.96. The summed E-state index contributed by atoms with van der Waals surface area (Å²) in [6.07, 6.45) is 3.26. The number of hydrogen-bond donors (Lipinski definition) is 1. The number of aliphatic imine (C=N–C) groups is 1. The molecule has 1 saturated heterocycles. The van der Waals surface area contributed by atoms with Gasteiger partial charge in [0.1, 0.15) is 11.9 Å². The molecule has 0 saturated carbocycles. The number of rotatable bonds is 8. The fourth-order valence-corrected chi connectivity index (χ4v) is 3.15. The molecule has 1 aromatic rings.